The van der Waals surface area contributed by atoms with Crippen LogP contribution in [0.3, 0.4) is 0 Å². The normalized spacial score (nSPS) is 16.1. The maximum absolute atomic E-state index is 13.5. The van der Waals surface area contributed by atoms with Gasteiger partial charge in [-0.05, 0) is 37.1 Å². The molecule has 1 unspecified atom stereocenters. The SMILES string of the molecule is Cc1cc(C(=O)N(CCc2ccccc2)C2CC(=O)N(c3ccccc3)C2=O)n(C)n1. The lowest BCUT2D eigenvalue weighted by atomic mass is 10.1. The molecule has 7 heteroatoms. The van der Waals surface area contributed by atoms with E-state index in [4.69, 9.17) is 0 Å². The highest BCUT2D eigenvalue weighted by molar-refractivity contribution is 6.23. The minimum Gasteiger partial charge on any atom is -0.324 e. The third kappa shape index (κ3) is 4.12. The Morgan fingerprint density at radius 1 is 1.06 bits per heavy atom. The Morgan fingerprint density at radius 2 is 1.71 bits per heavy atom. The molecule has 3 aromatic rings. The maximum atomic E-state index is 13.5. The zero-order valence-electron chi connectivity index (χ0n) is 17.6. The first kappa shape index (κ1) is 20.5. The highest BCUT2D eigenvalue weighted by atomic mass is 16.2. The Bertz CT molecular complexity index is 1110. The van der Waals surface area contributed by atoms with Crippen LogP contribution in [0.15, 0.2) is 66.7 Å². The van der Waals surface area contributed by atoms with Gasteiger partial charge in [0.15, 0.2) is 0 Å². The fraction of sp³-hybridized carbons (Fsp3) is 0.250. The molecule has 1 atom stereocenters. The molecule has 1 aromatic heterocycles. The van der Waals surface area contributed by atoms with Crippen LogP contribution in [0.25, 0.3) is 0 Å². The van der Waals surface area contributed by atoms with Crippen molar-refractivity contribution in [2.45, 2.75) is 25.8 Å². The Balaban J connectivity index is 1.65. The van der Waals surface area contributed by atoms with E-state index in [0.29, 0.717) is 30.0 Å². The lowest BCUT2D eigenvalue weighted by Crippen LogP contribution is -2.47. The van der Waals surface area contributed by atoms with Crippen molar-refractivity contribution in [3.63, 3.8) is 0 Å². The second kappa shape index (κ2) is 8.55. The van der Waals surface area contributed by atoms with E-state index in [1.807, 2.05) is 43.3 Å². The number of imide groups is 1. The monoisotopic (exact) mass is 416 g/mol. The summed E-state index contributed by atoms with van der Waals surface area (Å²) in [7, 11) is 1.70. The van der Waals surface area contributed by atoms with Crippen LogP contribution in [0, 0.1) is 6.92 Å². The second-order valence-corrected chi connectivity index (χ2v) is 7.65. The van der Waals surface area contributed by atoms with Crippen molar-refractivity contribution in [2.75, 3.05) is 11.4 Å². The zero-order chi connectivity index (χ0) is 22.0. The summed E-state index contributed by atoms with van der Waals surface area (Å²) < 4.78 is 1.52. The molecule has 0 spiro atoms. The van der Waals surface area contributed by atoms with E-state index in [-0.39, 0.29) is 24.1 Å². The quantitative estimate of drug-likeness (QED) is 0.579. The molecule has 7 nitrogen and oxygen atoms in total. The van der Waals surface area contributed by atoms with Gasteiger partial charge in [0.1, 0.15) is 11.7 Å². The van der Waals surface area contributed by atoms with Crippen LogP contribution < -0.4 is 4.90 Å². The van der Waals surface area contributed by atoms with E-state index in [0.717, 1.165) is 5.56 Å². The van der Waals surface area contributed by atoms with Crippen LogP contribution in [0.2, 0.25) is 0 Å². The van der Waals surface area contributed by atoms with Crippen LogP contribution in [0.4, 0.5) is 5.69 Å². The van der Waals surface area contributed by atoms with Crippen molar-refractivity contribution < 1.29 is 14.4 Å². The predicted octanol–water partition coefficient (Wildman–Crippen LogP) is 2.75. The van der Waals surface area contributed by atoms with Gasteiger partial charge in [0, 0.05) is 13.6 Å². The number of carbonyl (C=O) groups excluding carboxylic acids is 3. The smallest absolute Gasteiger partial charge is 0.272 e. The highest BCUT2D eigenvalue weighted by Crippen LogP contribution is 2.27. The molecule has 0 saturated carbocycles. The topological polar surface area (TPSA) is 75.5 Å². The summed E-state index contributed by atoms with van der Waals surface area (Å²) in [4.78, 5) is 42.2. The molecular formula is C24H24N4O3. The van der Waals surface area contributed by atoms with Gasteiger partial charge in [-0.2, -0.15) is 5.10 Å². The van der Waals surface area contributed by atoms with Gasteiger partial charge in [-0.15, -0.1) is 0 Å². The van der Waals surface area contributed by atoms with Gasteiger partial charge in [0.25, 0.3) is 11.8 Å². The number of anilines is 1. The highest BCUT2D eigenvalue weighted by Gasteiger charge is 2.44. The third-order valence-corrected chi connectivity index (χ3v) is 5.48. The Labute approximate surface area is 180 Å². The summed E-state index contributed by atoms with van der Waals surface area (Å²) in [6, 6.07) is 19.4. The minimum atomic E-state index is -0.848. The summed E-state index contributed by atoms with van der Waals surface area (Å²) in [5, 5.41) is 4.26. The molecular weight excluding hydrogens is 392 g/mol. The van der Waals surface area contributed by atoms with Crippen LogP contribution in [0.1, 0.15) is 28.2 Å². The maximum Gasteiger partial charge on any atom is 0.272 e. The van der Waals surface area contributed by atoms with Crippen LogP contribution in [-0.4, -0.2) is 45.0 Å². The number of rotatable bonds is 6. The minimum absolute atomic E-state index is 0.0366. The van der Waals surface area contributed by atoms with Crippen molar-refractivity contribution in [2.24, 2.45) is 7.05 Å². The van der Waals surface area contributed by atoms with Gasteiger partial charge in [-0.3, -0.25) is 19.1 Å². The predicted molar refractivity (Wildman–Crippen MR) is 116 cm³/mol. The largest absolute Gasteiger partial charge is 0.324 e. The molecule has 0 aliphatic carbocycles. The summed E-state index contributed by atoms with van der Waals surface area (Å²) in [6.45, 7) is 2.13. The van der Waals surface area contributed by atoms with Crippen molar-refractivity contribution >= 4 is 23.4 Å². The van der Waals surface area contributed by atoms with Crippen molar-refractivity contribution in [3.8, 4) is 0 Å². The Morgan fingerprint density at radius 3 is 2.32 bits per heavy atom. The average molecular weight is 416 g/mol. The van der Waals surface area contributed by atoms with Crippen LogP contribution in [-0.2, 0) is 23.1 Å². The third-order valence-electron chi connectivity index (χ3n) is 5.48. The molecule has 158 valence electrons. The molecule has 0 bridgehead atoms. The lowest BCUT2D eigenvalue weighted by Gasteiger charge is -2.27. The summed E-state index contributed by atoms with van der Waals surface area (Å²) >= 11 is 0. The number of aryl methyl sites for hydroxylation is 2. The number of nitrogens with zero attached hydrogens (tertiary/aromatic N) is 4. The second-order valence-electron chi connectivity index (χ2n) is 7.65. The molecule has 1 aliphatic heterocycles. The summed E-state index contributed by atoms with van der Waals surface area (Å²) in [6.07, 6.45) is 0.539. The van der Waals surface area contributed by atoms with Crippen molar-refractivity contribution in [1.82, 2.24) is 14.7 Å². The number of hydrogen-bond donors (Lipinski definition) is 0. The molecule has 1 saturated heterocycles. The van der Waals surface area contributed by atoms with Gasteiger partial charge >= 0.3 is 0 Å². The number of aromatic nitrogens is 2. The van der Waals surface area contributed by atoms with Gasteiger partial charge < -0.3 is 4.90 Å². The molecule has 2 heterocycles. The molecule has 0 radical (unpaired) electrons. The van der Waals surface area contributed by atoms with E-state index in [9.17, 15) is 14.4 Å². The molecule has 3 amide bonds. The first-order valence-electron chi connectivity index (χ1n) is 10.2. The number of carbonyl (C=O) groups is 3. The number of amides is 3. The van der Waals surface area contributed by atoms with Crippen molar-refractivity contribution in [3.05, 3.63) is 83.7 Å². The Kier molecular flexibility index (Phi) is 5.66. The van der Waals surface area contributed by atoms with Gasteiger partial charge in [0.2, 0.25) is 5.91 Å². The van der Waals surface area contributed by atoms with Gasteiger partial charge in [0.05, 0.1) is 17.8 Å². The molecule has 0 N–H and O–H groups in total. The lowest BCUT2D eigenvalue weighted by molar-refractivity contribution is -0.122. The first-order chi connectivity index (χ1) is 15.0. The first-order valence-corrected chi connectivity index (χ1v) is 10.2. The zero-order valence-corrected chi connectivity index (χ0v) is 17.6. The molecule has 31 heavy (non-hydrogen) atoms. The van der Waals surface area contributed by atoms with Crippen LogP contribution in [0.5, 0.6) is 0 Å². The van der Waals surface area contributed by atoms with Crippen molar-refractivity contribution in [1.29, 1.82) is 0 Å². The van der Waals surface area contributed by atoms with E-state index in [1.54, 1.807) is 37.4 Å². The van der Waals surface area contributed by atoms with E-state index in [2.05, 4.69) is 5.10 Å². The number of benzene rings is 2. The van der Waals surface area contributed by atoms with Gasteiger partial charge in [-0.1, -0.05) is 48.5 Å². The summed E-state index contributed by atoms with van der Waals surface area (Å²) in [5.74, 6) is -0.989. The molecule has 2 aromatic carbocycles. The molecule has 1 aliphatic rings. The average Bonchev–Trinajstić information content (AvgIpc) is 3.26. The standard InChI is InChI=1S/C24H24N4O3/c1-17-15-20(26(2)25-17)23(30)27(14-13-18-9-5-3-6-10-18)21-16-22(29)28(24(21)31)19-11-7-4-8-12-19/h3-12,15,21H,13-14,16H2,1-2H3. The Hall–Kier alpha value is -3.74. The van der Waals surface area contributed by atoms with Gasteiger partial charge in [-0.25, -0.2) is 4.90 Å². The summed E-state index contributed by atoms with van der Waals surface area (Å²) in [5.41, 5.74) is 2.68. The van der Waals surface area contributed by atoms with E-state index in [1.165, 1.54) is 14.5 Å². The van der Waals surface area contributed by atoms with E-state index >= 15 is 0 Å². The fourth-order valence-electron chi connectivity index (χ4n) is 3.96. The van der Waals surface area contributed by atoms with Crippen LogP contribution >= 0.6 is 0 Å². The molecule has 1 fully saturated rings. The molecule has 4 rings (SSSR count). The fourth-order valence-corrected chi connectivity index (χ4v) is 3.96. The number of para-hydroxylation sites is 1. The van der Waals surface area contributed by atoms with E-state index < -0.39 is 6.04 Å². The number of hydrogen-bond acceptors (Lipinski definition) is 4.